The summed E-state index contributed by atoms with van der Waals surface area (Å²) in [6, 6.07) is 20.9. The van der Waals surface area contributed by atoms with E-state index >= 15 is 0 Å². The van der Waals surface area contributed by atoms with Crippen LogP contribution < -0.4 is 18.9 Å². The highest BCUT2D eigenvalue weighted by molar-refractivity contribution is 5.49. The largest absolute Gasteiger partial charge is 0.497 e. The molecule has 4 nitrogen and oxygen atoms in total. The Hall–Kier alpha value is -3.14. The maximum Gasteiger partial charge on any atom is 0.231 e. The van der Waals surface area contributed by atoms with Crippen LogP contribution in [0, 0.1) is 0 Å². The van der Waals surface area contributed by atoms with E-state index in [4.69, 9.17) is 18.9 Å². The highest BCUT2D eigenvalue weighted by atomic mass is 16.7. The summed E-state index contributed by atoms with van der Waals surface area (Å²) in [6.07, 6.45) is 3.86. The Morgan fingerprint density at radius 2 is 1.03 bits per heavy atom. The van der Waals surface area contributed by atoms with E-state index in [2.05, 4.69) is 36.4 Å². The van der Waals surface area contributed by atoms with Gasteiger partial charge in [0.1, 0.15) is 11.5 Å². The Balaban J connectivity index is 1.48. The number of aryl methyl sites for hydroxylation is 4. The van der Waals surface area contributed by atoms with Crippen molar-refractivity contribution in [2.45, 2.75) is 25.7 Å². The summed E-state index contributed by atoms with van der Waals surface area (Å²) in [5, 5.41) is 0. The lowest BCUT2D eigenvalue weighted by Gasteiger charge is -2.12. The van der Waals surface area contributed by atoms with Crippen LogP contribution in [-0.2, 0) is 25.7 Å². The van der Waals surface area contributed by atoms with Crippen LogP contribution in [0.4, 0.5) is 0 Å². The molecule has 0 fully saturated rings. The molecule has 0 saturated carbocycles. The Morgan fingerprint density at radius 3 is 1.41 bits per heavy atom. The van der Waals surface area contributed by atoms with Crippen LogP contribution >= 0.6 is 0 Å². The smallest absolute Gasteiger partial charge is 0.231 e. The third kappa shape index (κ3) is 4.65. The molecule has 29 heavy (non-hydrogen) atoms. The molecule has 4 rings (SSSR count). The van der Waals surface area contributed by atoms with Gasteiger partial charge in [-0.25, -0.2) is 0 Å². The standard InChI is InChI=1S/C25H26O4/c1-26-22-11-5-18(6-12-22)3-9-20-15-24-25(29-17-28-24)16-21(20)10-4-19-7-13-23(27-2)14-8-19/h5-8,11-16H,3-4,9-10,17H2,1-2H3. The van der Waals surface area contributed by atoms with E-state index in [0.29, 0.717) is 6.79 Å². The number of rotatable bonds is 8. The van der Waals surface area contributed by atoms with E-state index < -0.39 is 0 Å². The molecule has 0 spiro atoms. The first-order valence-corrected chi connectivity index (χ1v) is 9.92. The Bertz CT molecular complexity index is 867. The number of fused-ring (bicyclic) bond motifs is 1. The minimum atomic E-state index is 0.301. The number of hydrogen-bond donors (Lipinski definition) is 0. The molecule has 3 aromatic carbocycles. The lowest BCUT2D eigenvalue weighted by atomic mass is 9.95. The molecule has 0 amide bonds. The van der Waals surface area contributed by atoms with Gasteiger partial charge in [-0.2, -0.15) is 0 Å². The van der Waals surface area contributed by atoms with Crippen LogP contribution in [0.1, 0.15) is 22.3 Å². The maximum atomic E-state index is 5.61. The van der Waals surface area contributed by atoms with Crippen LogP contribution in [0.3, 0.4) is 0 Å². The van der Waals surface area contributed by atoms with Crippen LogP contribution in [0.15, 0.2) is 60.7 Å². The van der Waals surface area contributed by atoms with Crippen LogP contribution in [-0.4, -0.2) is 21.0 Å². The van der Waals surface area contributed by atoms with Crippen LogP contribution in [0.25, 0.3) is 0 Å². The summed E-state index contributed by atoms with van der Waals surface area (Å²) in [6.45, 7) is 0.301. The summed E-state index contributed by atoms with van der Waals surface area (Å²) >= 11 is 0. The molecule has 4 heteroatoms. The minimum Gasteiger partial charge on any atom is -0.497 e. The lowest BCUT2D eigenvalue weighted by molar-refractivity contribution is 0.174. The van der Waals surface area contributed by atoms with Crippen molar-refractivity contribution in [2.75, 3.05) is 21.0 Å². The fraction of sp³-hybridized carbons (Fsp3) is 0.280. The summed E-state index contributed by atoms with van der Waals surface area (Å²) in [5.41, 5.74) is 5.23. The topological polar surface area (TPSA) is 36.9 Å². The van der Waals surface area contributed by atoms with Crippen molar-refractivity contribution in [3.8, 4) is 23.0 Å². The highest BCUT2D eigenvalue weighted by Gasteiger charge is 2.17. The Labute approximate surface area is 172 Å². The van der Waals surface area contributed by atoms with Gasteiger partial charge < -0.3 is 18.9 Å². The quantitative estimate of drug-likeness (QED) is 0.542. The molecule has 1 aliphatic heterocycles. The molecular weight excluding hydrogens is 364 g/mol. The number of benzene rings is 3. The van der Waals surface area contributed by atoms with E-state index in [1.165, 1.54) is 22.3 Å². The average Bonchev–Trinajstić information content (AvgIpc) is 3.24. The van der Waals surface area contributed by atoms with E-state index in [-0.39, 0.29) is 0 Å². The van der Waals surface area contributed by atoms with Gasteiger partial charge >= 0.3 is 0 Å². The third-order valence-electron chi connectivity index (χ3n) is 5.38. The second-order valence-corrected chi connectivity index (χ2v) is 7.17. The lowest BCUT2D eigenvalue weighted by Crippen LogP contribution is -2.00. The second kappa shape index (κ2) is 8.91. The molecule has 0 aromatic heterocycles. The van der Waals surface area contributed by atoms with Crippen molar-refractivity contribution in [1.29, 1.82) is 0 Å². The van der Waals surface area contributed by atoms with Gasteiger partial charge in [-0.3, -0.25) is 0 Å². The normalized spacial score (nSPS) is 12.1. The van der Waals surface area contributed by atoms with Gasteiger partial charge in [0.05, 0.1) is 14.2 Å². The molecule has 0 atom stereocenters. The molecule has 1 aliphatic rings. The third-order valence-corrected chi connectivity index (χ3v) is 5.38. The second-order valence-electron chi connectivity index (χ2n) is 7.17. The molecule has 0 N–H and O–H groups in total. The van der Waals surface area contributed by atoms with Crippen molar-refractivity contribution in [2.24, 2.45) is 0 Å². The molecule has 0 saturated heterocycles. The zero-order chi connectivity index (χ0) is 20.1. The molecule has 150 valence electrons. The van der Waals surface area contributed by atoms with Crippen LogP contribution in [0.2, 0.25) is 0 Å². The van der Waals surface area contributed by atoms with Crippen molar-refractivity contribution >= 4 is 0 Å². The SMILES string of the molecule is COc1ccc(CCc2cc3c(cc2CCc2ccc(OC)cc2)OCO3)cc1. The summed E-state index contributed by atoms with van der Waals surface area (Å²) in [5.74, 6) is 3.47. The van der Waals surface area contributed by atoms with Gasteiger partial charge in [-0.15, -0.1) is 0 Å². The molecule has 0 aliphatic carbocycles. The highest BCUT2D eigenvalue weighted by Crippen LogP contribution is 2.36. The van der Waals surface area contributed by atoms with Gasteiger partial charge in [-0.1, -0.05) is 24.3 Å². The number of hydrogen-bond acceptors (Lipinski definition) is 4. The predicted molar refractivity (Wildman–Crippen MR) is 113 cm³/mol. The first kappa shape index (κ1) is 19.2. The predicted octanol–water partition coefficient (Wildman–Crippen LogP) is 5.00. The number of methoxy groups -OCH3 is 2. The minimum absolute atomic E-state index is 0.301. The van der Waals surface area contributed by atoms with E-state index in [9.17, 15) is 0 Å². The van der Waals surface area contributed by atoms with Gasteiger partial charge in [0, 0.05) is 0 Å². The van der Waals surface area contributed by atoms with E-state index in [0.717, 1.165) is 48.7 Å². The summed E-state index contributed by atoms with van der Waals surface area (Å²) in [4.78, 5) is 0. The monoisotopic (exact) mass is 390 g/mol. The van der Waals surface area contributed by atoms with E-state index in [1.807, 2.05) is 24.3 Å². The first-order valence-electron chi connectivity index (χ1n) is 9.92. The summed E-state index contributed by atoms with van der Waals surface area (Å²) < 4.78 is 21.7. The fourth-order valence-corrected chi connectivity index (χ4v) is 3.63. The molecular formula is C25H26O4. The van der Waals surface area contributed by atoms with Crippen molar-refractivity contribution in [1.82, 2.24) is 0 Å². The zero-order valence-corrected chi connectivity index (χ0v) is 16.9. The van der Waals surface area contributed by atoms with Gasteiger partial charge in [0.2, 0.25) is 6.79 Å². The van der Waals surface area contributed by atoms with Crippen molar-refractivity contribution in [3.63, 3.8) is 0 Å². The average molecular weight is 390 g/mol. The molecule has 0 radical (unpaired) electrons. The van der Waals surface area contributed by atoms with E-state index in [1.54, 1.807) is 14.2 Å². The Morgan fingerprint density at radius 1 is 0.621 bits per heavy atom. The van der Waals surface area contributed by atoms with Gasteiger partial charge in [-0.05, 0) is 84.3 Å². The Kier molecular flexibility index (Phi) is 5.89. The fourth-order valence-electron chi connectivity index (χ4n) is 3.63. The summed E-state index contributed by atoms with van der Waals surface area (Å²) in [7, 11) is 3.38. The van der Waals surface area contributed by atoms with Gasteiger partial charge in [0.25, 0.3) is 0 Å². The van der Waals surface area contributed by atoms with Crippen molar-refractivity contribution < 1.29 is 18.9 Å². The first-order chi connectivity index (χ1) is 14.2. The zero-order valence-electron chi connectivity index (χ0n) is 16.9. The molecule has 0 unspecified atom stereocenters. The maximum absolute atomic E-state index is 5.61. The van der Waals surface area contributed by atoms with Crippen molar-refractivity contribution in [3.05, 3.63) is 82.9 Å². The molecule has 0 bridgehead atoms. The van der Waals surface area contributed by atoms with Crippen LogP contribution in [0.5, 0.6) is 23.0 Å². The molecule has 1 heterocycles. The molecule has 3 aromatic rings. The number of ether oxygens (including phenoxy) is 4. The van der Waals surface area contributed by atoms with Gasteiger partial charge in [0.15, 0.2) is 11.5 Å².